The Morgan fingerprint density at radius 1 is 1.21 bits per heavy atom. The molecule has 0 amide bonds. The van der Waals surface area contributed by atoms with Crippen LogP contribution in [-0.2, 0) is 14.2 Å². The number of nitrogens with zero attached hydrogens (tertiary/aromatic N) is 1. The molecule has 1 aliphatic heterocycles. The van der Waals surface area contributed by atoms with Crippen molar-refractivity contribution < 1.29 is 14.2 Å². The third-order valence-corrected chi connectivity index (χ3v) is 6.17. The van der Waals surface area contributed by atoms with Crippen LogP contribution >= 0.6 is 0 Å². The first kappa shape index (κ1) is 20.2. The highest BCUT2D eigenvalue weighted by Crippen LogP contribution is 2.47. The molecule has 1 atom stereocenters. The van der Waals surface area contributed by atoms with Crippen LogP contribution in [-0.4, -0.2) is 57.3 Å². The number of hydrogen-bond acceptors (Lipinski definition) is 4. The summed E-state index contributed by atoms with van der Waals surface area (Å²) in [6.07, 6.45) is 8.54. The first-order valence-corrected chi connectivity index (χ1v) is 9.90. The molecular weight excluding hydrogens is 302 g/mol. The van der Waals surface area contributed by atoms with Gasteiger partial charge >= 0.3 is 0 Å². The predicted molar refractivity (Wildman–Crippen MR) is 98.2 cm³/mol. The molecule has 2 aliphatic rings. The van der Waals surface area contributed by atoms with Crippen LogP contribution in [0.15, 0.2) is 0 Å². The molecule has 0 bridgehead atoms. The van der Waals surface area contributed by atoms with Gasteiger partial charge in [0.05, 0.1) is 19.3 Å². The van der Waals surface area contributed by atoms with Crippen molar-refractivity contribution in [3.8, 4) is 0 Å². The van der Waals surface area contributed by atoms with Crippen LogP contribution in [0.2, 0.25) is 0 Å². The van der Waals surface area contributed by atoms with Gasteiger partial charge in [0, 0.05) is 33.0 Å². The zero-order valence-corrected chi connectivity index (χ0v) is 16.6. The molecule has 0 aromatic carbocycles. The molecule has 4 nitrogen and oxygen atoms in total. The maximum atomic E-state index is 6.39. The van der Waals surface area contributed by atoms with Gasteiger partial charge in [-0.15, -0.1) is 0 Å². The van der Waals surface area contributed by atoms with Crippen molar-refractivity contribution in [3.63, 3.8) is 0 Å². The molecule has 1 saturated carbocycles. The minimum Gasteiger partial charge on any atom is -0.383 e. The largest absolute Gasteiger partial charge is 0.383 e. The Hall–Kier alpha value is -0.160. The van der Waals surface area contributed by atoms with Crippen molar-refractivity contribution in [1.29, 1.82) is 0 Å². The molecule has 1 aliphatic carbocycles. The number of methoxy groups -OCH3 is 1. The van der Waals surface area contributed by atoms with Gasteiger partial charge in [0.15, 0.2) is 5.79 Å². The first-order valence-electron chi connectivity index (χ1n) is 9.90. The van der Waals surface area contributed by atoms with E-state index in [1.807, 2.05) is 0 Å². The number of ether oxygens (including phenoxy) is 3. The molecule has 142 valence electrons. The van der Waals surface area contributed by atoms with Crippen molar-refractivity contribution in [2.24, 2.45) is 11.3 Å². The molecule has 1 unspecified atom stereocenters. The summed E-state index contributed by atoms with van der Waals surface area (Å²) in [4.78, 5) is 2.31. The van der Waals surface area contributed by atoms with Crippen LogP contribution < -0.4 is 0 Å². The van der Waals surface area contributed by atoms with E-state index in [0.29, 0.717) is 5.41 Å². The van der Waals surface area contributed by atoms with Gasteiger partial charge in [-0.2, -0.15) is 0 Å². The summed E-state index contributed by atoms with van der Waals surface area (Å²) in [5.41, 5.74) is 0.457. The van der Waals surface area contributed by atoms with E-state index in [2.05, 4.69) is 32.7 Å². The summed E-state index contributed by atoms with van der Waals surface area (Å²) in [7, 11) is 3.90. The molecule has 1 spiro atoms. The summed E-state index contributed by atoms with van der Waals surface area (Å²) >= 11 is 0. The van der Waals surface area contributed by atoms with Crippen LogP contribution in [0.5, 0.6) is 0 Å². The van der Waals surface area contributed by atoms with Crippen LogP contribution in [0.1, 0.15) is 65.7 Å². The maximum Gasteiger partial charge on any atom is 0.168 e. The van der Waals surface area contributed by atoms with E-state index in [9.17, 15) is 0 Å². The van der Waals surface area contributed by atoms with Gasteiger partial charge in [-0.05, 0) is 44.1 Å². The van der Waals surface area contributed by atoms with Gasteiger partial charge in [-0.3, -0.25) is 0 Å². The zero-order valence-electron chi connectivity index (χ0n) is 16.6. The maximum absolute atomic E-state index is 6.39. The second kappa shape index (κ2) is 8.98. The van der Waals surface area contributed by atoms with E-state index in [1.165, 1.54) is 25.7 Å². The number of hydrogen-bond donors (Lipinski definition) is 0. The van der Waals surface area contributed by atoms with Gasteiger partial charge in [-0.1, -0.05) is 27.2 Å². The topological polar surface area (TPSA) is 30.9 Å². The summed E-state index contributed by atoms with van der Waals surface area (Å²) < 4.78 is 17.7. The molecule has 0 N–H and O–H groups in total. The second-order valence-electron chi connectivity index (χ2n) is 8.56. The Bertz CT molecular complexity index is 364. The normalized spacial score (nSPS) is 31.2. The Labute approximate surface area is 149 Å². The van der Waals surface area contributed by atoms with Crippen LogP contribution in [0.25, 0.3) is 0 Å². The minimum absolute atomic E-state index is 0.259. The molecule has 0 aromatic rings. The van der Waals surface area contributed by atoms with Gasteiger partial charge < -0.3 is 19.1 Å². The second-order valence-corrected chi connectivity index (χ2v) is 8.56. The molecule has 1 heterocycles. The molecule has 24 heavy (non-hydrogen) atoms. The average Bonchev–Trinajstić information content (AvgIpc) is 2.94. The SMILES string of the molecule is CCCC(C)(C)C1CCC2(CC1)OCC(CCN(C)CCOC)O2. The van der Waals surface area contributed by atoms with Gasteiger partial charge in [0.1, 0.15) is 0 Å². The Morgan fingerprint density at radius 3 is 2.54 bits per heavy atom. The zero-order chi connectivity index (χ0) is 17.6. The molecule has 2 fully saturated rings. The minimum atomic E-state index is -0.269. The highest BCUT2D eigenvalue weighted by atomic mass is 16.7. The fourth-order valence-electron chi connectivity index (χ4n) is 4.43. The average molecular weight is 342 g/mol. The van der Waals surface area contributed by atoms with Crippen molar-refractivity contribution in [2.45, 2.75) is 77.6 Å². The molecular formula is C20H39NO3. The summed E-state index contributed by atoms with van der Waals surface area (Å²) in [6.45, 7) is 10.7. The van der Waals surface area contributed by atoms with Crippen molar-refractivity contribution in [2.75, 3.05) is 40.5 Å². The quantitative estimate of drug-likeness (QED) is 0.632. The Kier molecular flexibility index (Phi) is 7.54. The molecule has 0 aromatic heterocycles. The molecule has 0 radical (unpaired) electrons. The van der Waals surface area contributed by atoms with Gasteiger partial charge in [0.25, 0.3) is 0 Å². The predicted octanol–water partition coefficient (Wildman–Crippen LogP) is 4.08. The standard InChI is InChI=1S/C20H39NO3/c1-6-10-19(2,3)17-7-11-20(12-8-17)23-16-18(24-20)9-13-21(4)14-15-22-5/h17-18H,6-16H2,1-5H3. The fourth-order valence-corrected chi connectivity index (χ4v) is 4.43. The number of likely N-dealkylation sites (N-methyl/N-ethyl adjacent to an activating group) is 1. The van der Waals surface area contributed by atoms with E-state index >= 15 is 0 Å². The smallest absolute Gasteiger partial charge is 0.168 e. The van der Waals surface area contributed by atoms with Crippen molar-refractivity contribution in [1.82, 2.24) is 4.90 Å². The summed E-state index contributed by atoms with van der Waals surface area (Å²) in [5, 5.41) is 0. The Balaban J connectivity index is 1.73. The molecule has 2 rings (SSSR count). The monoisotopic (exact) mass is 341 g/mol. The van der Waals surface area contributed by atoms with E-state index in [-0.39, 0.29) is 11.9 Å². The van der Waals surface area contributed by atoms with Crippen LogP contribution in [0, 0.1) is 11.3 Å². The lowest BCUT2D eigenvalue weighted by Gasteiger charge is -2.42. The fraction of sp³-hybridized carbons (Fsp3) is 1.00. The van der Waals surface area contributed by atoms with Gasteiger partial charge in [-0.25, -0.2) is 0 Å². The van der Waals surface area contributed by atoms with Crippen molar-refractivity contribution in [3.05, 3.63) is 0 Å². The third kappa shape index (κ3) is 5.42. The third-order valence-electron chi connectivity index (χ3n) is 6.17. The van der Waals surface area contributed by atoms with Gasteiger partial charge in [0.2, 0.25) is 0 Å². The number of rotatable bonds is 9. The van der Waals surface area contributed by atoms with Crippen molar-refractivity contribution >= 4 is 0 Å². The summed E-state index contributed by atoms with van der Waals surface area (Å²) in [5.74, 6) is 0.545. The van der Waals surface area contributed by atoms with E-state index in [4.69, 9.17) is 14.2 Å². The molecule has 1 saturated heterocycles. The molecule has 4 heteroatoms. The highest BCUT2D eigenvalue weighted by Gasteiger charge is 2.46. The lowest BCUT2D eigenvalue weighted by molar-refractivity contribution is -0.197. The highest BCUT2D eigenvalue weighted by molar-refractivity contribution is 4.90. The van der Waals surface area contributed by atoms with Crippen LogP contribution in [0.3, 0.4) is 0 Å². The van der Waals surface area contributed by atoms with E-state index in [1.54, 1.807) is 7.11 Å². The van der Waals surface area contributed by atoms with Crippen LogP contribution in [0.4, 0.5) is 0 Å². The first-order chi connectivity index (χ1) is 11.4. The lowest BCUT2D eigenvalue weighted by atomic mass is 9.68. The van der Waals surface area contributed by atoms with E-state index < -0.39 is 0 Å². The lowest BCUT2D eigenvalue weighted by Crippen LogP contribution is -2.39. The van der Waals surface area contributed by atoms with E-state index in [0.717, 1.165) is 51.5 Å². The summed E-state index contributed by atoms with van der Waals surface area (Å²) in [6, 6.07) is 0. The Morgan fingerprint density at radius 2 is 1.92 bits per heavy atom.